The van der Waals surface area contributed by atoms with Crippen LogP contribution >= 0.6 is 0 Å². The molecule has 1 aromatic carbocycles. The first kappa shape index (κ1) is 11.0. The van der Waals surface area contributed by atoms with E-state index < -0.39 is 5.97 Å². The third-order valence-corrected chi connectivity index (χ3v) is 3.10. The Hall–Kier alpha value is -2.14. The van der Waals surface area contributed by atoms with E-state index in [1.165, 1.54) is 0 Å². The van der Waals surface area contributed by atoms with E-state index in [9.17, 15) is 4.79 Å². The van der Waals surface area contributed by atoms with E-state index in [0.29, 0.717) is 13.2 Å². The van der Waals surface area contributed by atoms with E-state index in [1.54, 1.807) is 24.3 Å². The number of fused-ring (bicyclic) bond motifs is 1. The minimum Gasteiger partial charge on any atom is -0.478 e. The summed E-state index contributed by atoms with van der Waals surface area (Å²) in [6.07, 6.45) is 0.843. The van der Waals surface area contributed by atoms with Crippen LogP contribution < -0.4 is 0 Å². The number of H-pyrrole nitrogens is 1. The Labute approximate surface area is 103 Å². The van der Waals surface area contributed by atoms with Gasteiger partial charge in [0, 0.05) is 23.2 Å². The maximum Gasteiger partial charge on any atom is 0.335 e. The molecule has 92 valence electrons. The van der Waals surface area contributed by atoms with Gasteiger partial charge in [0.1, 0.15) is 0 Å². The Morgan fingerprint density at radius 2 is 2.11 bits per heavy atom. The van der Waals surface area contributed by atoms with Crippen molar-refractivity contribution in [2.45, 2.75) is 13.0 Å². The molecule has 5 heteroatoms. The van der Waals surface area contributed by atoms with Gasteiger partial charge in [0.2, 0.25) is 0 Å². The molecule has 2 aromatic rings. The molecule has 0 amide bonds. The number of carbonyl (C=O) groups is 1. The van der Waals surface area contributed by atoms with Gasteiger partial charge in [-0.15, -0.1) is 0 Å². The number of hydrogen-bond donors (Lipinski definition) is 2. The van der Waals surface area contributed by atoms with Gasteiger partial charge in [-0.2, -0.15) is 5.10 Å². The number of ether oxygens (including phenoxy) is 1. The van der Waals surface area contributed by atoms with E-state index in [-0.39, 0.29) is 5.56 Å². The zero-order valence-electron chi connectivity index (χ0n) is 9.64. The number of aromatic carboxylic acids is 1. The van der Waals surface area contributed by atoms with Gasteiger partial charge in [-0.1, -0.05) is 12.1 Å². The Morgan fingerprint density at radius 3 is 2.83 bits per heavy atom. The highest BCUT2D eigenvalue weighted by atomic mass is 16.5. The van der Waals surface area contributed by atoms with Crippen LogP contribution in [0.4, 0.5) is 0 Å². The Balaban J connectivity index is 1.99. The summed E-state index contributed by atoms with van der Waals surface area (Å²) in [6.45, 7) is 1.27. The van der Waals surface area contributed by atoms with E-state index in [0.717, 1.165) is 28.9 Å². The number of carboxylic acids is 1. The topological polar surface area (TPSA) is 75.2 Å². The SMILES string of the molecule is O=C(O)c1ccc(-c2n[nH]c3c2COCC3)cc1. The minimum absolute atomic E-state index is 0.277. The van der Waals surface area contributed by atoms with Crippen LogP contribution in [-0.2, 0) is 17.8 Å². The summed E-state index contributed by atoms with van der Waals surface area (Å²) in [5.41, 5.74) is 4.21. The fraction of sp³-hybridized carbons (Fsp3) is 0.231. The van der Waals surface area contributed by atoms with Gasteiger partial charge in [-0.05, 0) is 12.1 Å². The monoisotopic (exact) mass is 244 g/mol. The number of hydrogen-bond acceptors (Lipinski definition) is 3. The van der Waals surface area contributed by atoms with Gasteiger partial charge < -0.3 is 9.84 Å². The summed E-state index contributed by atoms with van der Waals surface area (Å²) < 4.78 is 5.42. The number of aromatic amines is 1. The van der Waals surface area contributed by atoms with Crippen molar-refractivity contribution in [2.24, 2.45) is 0 Å². The number of carboxylic acid groups (broad SMARTS) is 1. The summed E-state index contributed by atoms with van der Waals surface area (Å²) in [5.74, 6) is -0.922. The summed E-state index contributed by atoms with van der Waals surface area (Å²) in [4.78, 5) is 10.8. The summed E-state index contributed by atoms with van der Waals surface area (Å²) in [6, 6.07) is 6.72. The van der Waals surface area contributed by atoms with Crippen molar-refractivity contribution in [1.82, 2.24) is 10.2 Å². The summed E-state index contributed by atoms with van der Waals surface area (Å²) >= 11 is 0. The van der Waals surface area contributed by atoms with Crippen LogP contribution in [0.3, 0.4) is 0 Å². The maximum atomic E-state index is 10.8. The zero-order chi connectivity index (χ0) is 12.5. The van der Waals surface area contributed by atoms with Gasteiger partial charge in [0.25, 0.3) is 0 Å². The van der Waals surface area contributed by atoms with E-state index in [1.807, 2.05) is 0 Å². The fourth-order valence-corrected chi connectivity index (χ4v) is 2.12. The first-order valence-corrected chi connectivity index (χ1v) is 5.73. The highest BCUT2D eigenvalue weighted by Gasteiger charge is 2.18. The average Bonchev–Trinajstić information content (AvgIpc) is 2.82. The van der Waals surface area contributed by atoms with Crippen molar-refractivity contribution < 1.29 is 14.6 Å². The van der Waals surface area contributed by atoms with Crippen molar-refractivity contribution in [3.05, 3.63) is 41.1 Å². The van der Waals surface area contributed by atoms with E-state index in [4.69, 9.17) is 9.84 Å². The molecular weight excluding hydrogens is 232 g/mol. The maximum absolute atomic E-state index is 10.8. The molecule has 0 aliphatic carbocycles. The van der Waals surface area contributed by atoms with Crippen molar-refractivity contribution in [1.29, 1.82) is 0 Å². The number of nitrogens with zero attached hydrogens (tertiary/aromatic N) is 1. The lowest BCUT2D eigenvalue weighted by molar-refractivity contribution is 0.0697. The highest BCUT2D eigenvalue weighted by Crippen LogP contribution is 2.27. The van der Waals surface area contributed by atoms with Gasteiger partial charge >= 0.3 is 5.97 Å². The second-order valence-electron chi connectivity index (χ2n) is 4.21. The van der Waals surface area contributed by atoms with E-state index >= 15 is 0 Å². The number of nitrogens with one attached hydrogen (secondary N) is 1. The predicted molar refractivity (Wildman–Crippen MR) is 64.3 cm³/mol. The summed E-state index contributed by atoms with van der Waals surface area (Å²) in [7, 11) is 0. The number of benzene rings is 1. The Kier molecular flexibility index (Phi) is 2.60. The van der Waals surface area contributed by atoms with Gasteiger partial charge in [0.05, 0.1) is 24.5 Å². The molecule has 0 unspecified atom stereocenters. The second kappa shape index (κ2) is 4.27. The first-order valence-electron chi connectivity index (χ1n) is 5.73. The molecule has 0 bridgehead atoms. The first-order chi connectivity index (χ1) is 8.75. The highest BCUT2D eigenvalue weighted by molar-refractivity contribution is 5.88. The molecular formula is C13H12N2O3. The molecule has 0 atom stereocenters. The average molecular weight is 244 g/mol. The number of rotatable bonds is 2. The third kappa shape index (κ3) is 1.78. The molecule has 0 saturated carbocycles. The fourth-order valence-electron chi connectivity index (χ4n) is 2.12. The molecule has 0 saturated heterocycles. The minimum atomic E-state index is -0.922. The molecule has 18 heavy (non-hydrogen) atoms. The smallest absolute Gasteiger partial charge is 0.335 e. The third-order valence-electron chi connectivity index (χ3n) is 3.10. The van der Waals surface area contributed by atoms with Crippen molar-refractivity contribution in [3.8, 4) is 11.3 Å². The molecule has 2 heterocycles. The Morgan fingerprint density at radius 1 is 1.33 bits per heavy atom. The standard InChI is InChI=1S/C13H12N2O3/c16-13(17)9-3-1-8(2-4-9)12-10-7-18-6-5-11(10)14-15-12/h1-4H,5-7H2,(H,14,15)(H,16,17). The molecule has 2 N–H and O–H groups in total. The van der Waals surface area contributed by atoms with E-state index in [2.05, 4.69) is 10.2 Å². The largest absolute Gasteiger partial charge is 0.478 e. The predicted octanol–water partition coefficient (Wildman–Crippen LogP) is 1.85. The van der Waals surface area contributed by atoms with Crippen molar-refractivity contribution >= 4 is 5.97 Å². The molecule has 3 rings (SSSR count). The lowest BCUT2D eigenvalue weighted by Gasteiger charge is -2.12. The van der Waals surface area contributed by atoms with Crippen LogP contribution in [0.15, 0.2) is 24.3 Å². The lowest BCUT2D eigenvalue weighted by Crippen LogP contribution is -2.08. The Bertz CT molecular complexity index is 587. The van der Waals surface area contributed by atoms with Crippen molar-refractivity contribution in [3.63, 3.8) is 0 Å². The van der Waals surface area contributed by atoms with Crippen LogP contribution in [0.5, 0.6) is 0 Å². The molecule has 5 nitrogen and oxygen atoms in total. The van der Waals surface area contributed by atoms with Crippen LogP contribution in [0.1, 0.15) is 21.6 Å². The van der Waals surface area contributed by atoms with Gasteiger partial charge in [-0.25, -0.2) is 4.79 Å². The molecule has 0 fully saturated rings. The lowest BCUT2D eigenvalue weighted by atomic mass is 10.0. The van der Waals surface area contributed by atoms with Crippen LogP contribution in [0.25, 0.3) is 11.3 Å². The second-order valence-corrected chi connectivity index (χ2v) is 4.21. The zero-order valence-corrected chi connectivity index (χ0v) is 9.64. The molecule has 0 spiro atoms. The quantitative estimate of drug-likeness (QED) is 0.845. The molecule has 1 aliphatic rings. The van der Waals surface area contributed by atoms with Crippen LogP contribution in [0, 0.1) is 0 Å². The normalized spacial score (nSPS) is 14.2. The molecule has 1 aromatic heterocycles. The van der Waals surface area contributed by atoms with Gasteiger partial charge in [-0.3, -0.25) is 5.10 Å². The van der Waals surface area contributed by atoms with Crippen LogP contribution in [0.2, 0.25) is 0 Å². The van der Waals surface area contributed by atoms with Crippen LogP contribution in [-0.4, -0.2) is 27.9 Å². The summed E-state index contributed by atoms with van der Waals surface area (Å²) in [5, 5.41) is 16.2. The van der Waals surface area contributed by atoms with Gasteiger partial charge in [0.15, 0.2) is 0 Å². The molecule has 1 aliphatic heterocycles. The number of aromatic nitrogens is 2. The molecule has 0 radical (unpaired) electrons. The van der Waals surface area contributed by atoms with Crippen molar-refractivity contribution in [2.75, 3.05) is 6.61 Å².